The Kier molecular flexibility index (Phi) is 5.64. The number of H-pyrrole nitrogens is 1. The highest BCUT2D eigenvalue weighted by Gasteiger charge is 2.06. The second-order valence-electron chi connectivity index (χ2n) is 5.82. The number of aromatic amines is 1. The fraction of sp³-hybridized carbons (Fsp3) is 0.263. The number of carbonyl (C=O) groups is 1. The fourth-order valence-corrected chi connectivity index (χ4v) is 2.63. The summed E-state index contributed by atoms with van der Waals surface area (Å²) in [4.78, 5) is 18.8. The quantitative estimate of drug-likeness (QED) is 0.332. The smallest absolute Gasteiger partial charge is 0.243 e. The monoisotopic (exact) mass is 339 g/mol. The van der Waals surface area contributed by atoms with E-state index in [2.05, 4.69) is 9.97 Å². The van der Waals surface area contributed by atoms with Crippen molar-refractivity contribution in [3.05, 3.63) is 48.5 Å². The molecule has 0 unspecified atom stereocenters. The van der Waals surface area contributed by atoms with E-state index < -0.39 is 0 Å². The van der Waals surface area contributed by atoms with Crippen LogP contribution in [0.1, 0.15) is 25.7 Å². The van der Waals surface area contributed by atoms with Crippen molar-refractivity contribution in [2.24, 2.45) is 0 Å². The molecule has 0 saturated heterocycles. The van der Waals surface area contributed by atoms with Gasteiger partial charge in [-0.1, -0.05) is 24.3 Å². The molecule has 1 amide bonds. The van der Waals surface area contributed by atoms with Gasteiger partial charge in [0, 0.05) is 12.0 Å². The number of fused-ring (bicyclic) bond motifs is 1. The number of hydrogen-bond acceptors (Lipinski definition) is 4. The van der Waals surface area contributed by atoms with Crippen LogP contribution in [0.3, 0.4) is 0 Å². The average Bonchev–Trinajstić information content (AvgIpc) is 3.09. The number of imidazole rings is 1. The second kappa shape index (κ2) is 8.30. The molecule has 0 aliphatic rings. The minimum atomic E-state index is -0.348. The Hall–Kier alpha value is -2.86. The van der Waals surface area contributed by atoms with Crippen LogP contribution in [-0.2, 0) is 4.79 Å². The van der Waals surface area contributed by atoms with Crippen molar-refractivity contribution < 1.29 is 14.7 Å². The molecule has 3 aromatic rings. The molecule has 0 spiro atoms. The van der Waals surface area contributed by atoms with Gasteiger partial charge in [0.15, 0.2) is 0 Å². The van der Waals surface area contributed by atoms with Gasteiger partial charge in [0.2, 0.25) is 5.91 Å². The van der Waals surface area contributed by atoms with Crippen LogP contribution >= 0.6 is 0 Å². The van der Waals surface area contributed by atoms with E-state index in [-0.39, 0.29) is 5.91 Å². The number of rotatable bonds is 8. The van der Waals surface area contributed by atoms with Crippen LogP contribution in [-0.4, -0.2) is 27.7 Å². The van der Waals surface area contributed by atoms with Crippen molar-refractivity contribution in [2.45, 2.75) is 25.7 Å². The number of carbonyl (C=O) groups excluding carboxylic acids is 1. The van der Waals surface area contributed by atoms with Gasteiger partial charge >= 0.3 is 0 Å². The predicted octanol–water partition coefficient (Wildman–Crippen LogP) is 3.67. The Morgan fingerprint density at radius 2 is 2.00 bits per heavy atom. The van der Waals surface area contributed by atoms with Gasteiger partial charge < -0.3 is 9.72 Å². The van der Waals surface area contributed by atoms with E-state index >= 15 is 0 Å². The lowest BCUT2D eigenvalue weighted by Gasteiger charge is -2.07. The normalized spacial score (nSPS) is 10.8. The van der Waals surface area contributed by atoms with Crippen LogP contribution in [0, 0.1) is 0 Å². The summed E-state index contributed by atoms with van der Waals surface area (Å²) in [6, 6.07) is 15.8. The predicted molar refractivity (Wildman–Crippen MR) is 95.4 cm³/mol. The zero-order valence-electron chi connectivity index (χ0n) is 13.9. The SMILES string of the molecule is O=C(CCCCCOc1cccc(-c2nc3ccccc3[nH]2)c1)NO. The lowest BCUT2D eigenvalue weighted by molar-refractivity contribution is -0.129. The number of amides is 1. The summed E-state index contributed by atoms with van der Waals surface area (Å²) in [5.41, 5.74) is 4.56. The van der Waals surface area contributed by atoms with E-state index in [0.717, 1.165) is 47.4 Å². The Bertz CT molecular complexity index is 812. The van der Waals surface area contributed by atoms with E-state index in [1.807, 2.05) is 48.5 Å². The summed E-state index contributed by atoms with van der Waals surface area (Å²) >= 11 is 0. The zero-order valence-corrected chi connectivity index (χ0v) is 13.9. The molecule has 0 atom stereocenters. The Morgan fingerprint density at radius 1 is 1.12 bits per heavy atom. The molecule has 0 aliphatic carbocycles. The van der Waals surface area contributed by atoms with Crippen molar-refractivity contribution in [3.63, 3.8) is 0 Å². The van der Waals surface area contributed by atoms with Crippen LogP contribution < -0.4 is 10.2 Å². The summed E-state index contributed by atoms with van der Waals surface area (Å²) in [7, 11) is 0. The van der Waals surface area contributed by atoms with E-state index in [1.165, 1.54) is 0 Å². The fourth-order valence-electron chi connectivity index (χ4n) is 2.63. The third-order valence-electron chi connectivity index (χ3n) is 3.94. The van der Waals surface area contributed by atoms with Gasteiger partial charge in [0.25, 0.3) is 0 Å². The summed E-state index contributed by atoms with van der Waals surface area (Å²) in [5, 5.41) is 8.42. The van der Waals surface area contributed by atoms with E-state index in [9.17, 15) is 4.79 Å². The molecule has 6 nitrogen and oxygen atoms in total. The lowest BCUT2D eigenvalue weighted by atomic mass is 10.2. The van der Waals surface area contributed by atoms with Crippen LogP contribution in [0.2, 0.25) is 0 Å². The largest absolute Gasteiger partial charge is 0.494 e. The third kappa shape index (κ3) is 4.58. The molecule has 0 fully saturated rings. The lowest BCUT2D eigenvalue weighted by Crippen LogP contribution is -2.17. The topological polar surface area (TPSA) is 87.2 Å². The summed E-state index contributed by atoms with van der Waals surface area (Å²) < 4.78 is 5.78. The van der Waals surface area contributed by atoms with Gasteiger partial charge in [-0.15, -0.1) is 0 Å². The second-order valence-corrected chi connectivity index (χ2v) is 5.82. The number of nitrogens with one attached hydrogen (secondary N) is 2. The van der Waals surface area contributed by atoms with Crippen LogP contribution in [0.25, 0.3) is 22.4 Å². The number of hydroxylamine groups is 1. The minimum absolute atomic E-state index is 0.331. The maximum absolute atomic E-state index is 10.9. The number of nitrogens with zero attached hydrogens (tertiary/aromatic N) is 1. The maximum atomic E-state index is 10.9. The minimum Gasteiger partial charge on any atom is -0.494 e. The van der Waals surface area contributed by atoms with Gasteiger partial charge in [-0.05, 0) is 43.5 Å². The number of hydrogen-bond donors (Lipinski definition) is 3. The summed E-state index contributed by atoms with van der Waals surface area (Å²) in [5.74, 6) is 1.27. The molecule has 0 saturated carbocycles. The van der Waals surface area contributed by atoms with E-state index in [1.54, 1.807) is 5.48 Å². The van der Waals surface area contributed by atoms with Gasteiger partial charge in [-0.25, -0.2) is 10.5 Å². The zero-order chi connectivity index (χ0) is 17.5. The third-order valence-corrected chi connectivity index (χ3v) is 3.94. The van der Waals surface area contributed by atoms with Crippen LogP contribution in [0.4, 0.5) is 0 Å². The van der Waals surface area contributed by atoms with Crippen molar-refractivity contribution >= 4 is 16.9 Å². The van der Waals surface area contributed by atoms with Crippen molar-refractivity contribution in [1.82, 2.24) is 15.4 Å². The van der Waals surface area contributed by atoms with Crippen molar-refractivity contribution in [3.8, 4) is 17.1 Å². The number of benzene rings is 2. The number of ether oxygens (including phenoxy) is 1. The molecule has 6 heteroatoms. The Balaban J connectivity index is 1.54. The first-order valence-corrected chi connectivity index (χ1v) is 8.37. The van der Waals surface area contributed by atoms with Crippen LogP contribution in [0.15, 0.2) is 48.5 Å². The highest BCUT2D eigenvalue weighted by molar-refractivity contribution is 5.79. The number of aromatic nitrogens is 2. The molecule has 3 N–H and O–H groups in total. The molecular formula is C19H21N3O3. The van der Waals surface area contributed by atoms with E-state index in [4.69, 9.17) is 9.94 Å². The highest BCUT2D eigenvalue weighted by atomic mass is 16.5. The maximum Gasteiger partial charge on any atom is 0.243 e. The Morgan fingerprint density at radius 3 is 2.84 bits per heavy atom. The van der Waals surface area contributed by atoms with Gasteiger partial charge in [0.05, 0.1) is 17.6 Å². The van der Waals surface area contributed by atoms with Crippen molar-refractivity contribution in [1.29, 1.82) is 0 Å². The first-order valence-electron chi connectivity index (χ1n) is 8.37. The first-order chi connectivity index (χ1) is 12.3. The summed E-state index contributed by atoms with van der Waals surface area (Å²) in [6.07, 6.45) is 2.79. The first kappa shape index (κ1) is 17.0. The van der Waals surface area contributed by atoms with Crippen LogP contribution in [0.5, 0.6) is 5.75 Å². The molecule has 2 aromatic carbocycles. The highest BCUT2D eigenvalue weighted by Crippen LogP contribution is 2.24. The molecular weight excluding hydrogens is 318 g/mol. The average molecular weight is 339 g/mol. The van der Waals surface area contributed by atoms with Crippen molar-refractivity contribution in [2.75, 3.05) is 6.61 Å². The molecule has 1 heterocycles. The standard InChI is InChI=1S/C19H21N3O3/c23-18(22-24)11-2-1-5-12-25-15-8-6-7-14(13-15)19-20-16-9-3-4-10-17(16)21-19/h3-4,6-10,13,24H,1-2,5,11-12H2,(H,20,21)(H,22,23). The van der Waals surface area contributed by atoms with E-state index in [0.29, 0.717) is 13.0 Å². The number of unbranched alkanes of at least 4 members (excludes halogenated alkanes) is 2. The molecule has 1 aromatic heterocycles. The summed E-state index contributed by atoms with van der Waals surface area (Å²) in [6.45, 7) is 0.588. The molecule has 3 rings (SSSR count). The van der Waals surface area contributed by atoms with Gasteiger partial charge in [-0.2, -0.15) is 0 Å². The molecule has 0 aliphatic heterocycles. The molecule has 0 bridgehead atoms. The number of para-hydroxylation sites is 2. The Labute approximate surface area is 145 Å². The van der Waals surface area contributed by atoms with Gasteiger partial charge in [-0.3, -0.25) is 10.0 Å². The molecule has 130 valence electrons. The van der Waals surface area contributed by atoms with Gasteiger partial charge in [0.1, 0.15) is 11.6 Å². The molecule has 25 heavy (non-hydrogen) atoms. The molecule has 0 radical (unpaired) electrons.